The van der Waals surface area contributed by atoms with Crippen molar-refractivity contribution in [2.24, 2.45) is 11.8 Å². The third-order valence-corrected chi connectivity index (χ3v) is 7.91. The highest BCUT2D eigenvalue weighted by molar-refractivity contribution is 5.78. The Hall–Kier alpha value is -2.73. The number of hydrogen-bond donors (Lipinski definition) is 1. The molecule has 1 aliphatic carbocycles. The lowest BCUT2D eigenvalue weighted by Crippen LogP contribution is -2.47. The van der Waals surface area contributed by atoms with Crippen molar-refractivity contribution in [1.29, 1.82) is 0 Å². The van der Waals surface area contributed by atoms with E-state index in [1.165, 1.54) is 24.8 Å². The molecule has 0 spiro atoms. The van der Waals surface area contributed by atoms with Crippen LogP contribution in [0.4, 0.5) is 0 Å². The fourth-order valence-corrected chi connectivity index (χ4v) is 6.00. The van der Waals surface area contributed by atoms with Crippen molar-refractivity contribution in [3.05, 3.63) is 53.6 Å². The Kier molecular flexibility index (Phi) is 8.78. The van der Waals surface area contributed by atoms with Crippen LogP contribution in [0.2, 0.25) is 0 Å². The zero-order valence-electron chi connectivity index (χ0n) is 22.3. The Morgan fingerprint density at radius 1 is 1.06 bits per heavy atom. The minimum absolute atomic E-state index is 0.00385. The number of hydrogen-bond acceptors (Lipinski definition) is 5. The van der Waals surface area contributed by atoms with E-state index in [0.29, 0.717) is 23.6 Å². The van der Waals surface area contributed by atoms with Crippen LogP contribution < -0.4 is 9.47 Å². The van der Waals surface area contributed by atoms with Crippen LogP contribution in [0.25, 0.3) is 0 Å². The van der Waals surface area contributed by atoms with Gasteiger partial charge in [0.25, 0.3) is 0 Å². The molecule has 2 atom stereocenters. The summed E-state index contributed by atoms with van der Waals surface area (Å²) < 4.78 is 10.9. The molecule has 6 nitrogen and oxygen atoms in total. The maximum absolute atomic E-state index is 13.4. The highest BCUT2D eigenvalue weighted by Gasteiger charge is 2.38. The van der Waals surface area contributed by atoms with E-state index >= 15 is 0 Å². The second-order valence-corrected chi connectivity index (χ2v) is 10.8. The quantitative estimate of drug-likeness (QED) is 0.503. The van der Waals surface area contributed by atoms with Crippen LogP contribution in [0.15, 0.2) is 42.5 Å². The number of likely N-dealkylation sites (tertiary alicyclic amines) is 1. The fraction of sp³-hybridized carbons (Fsp3) is 0.567. The number of rotatable bonds is 9. The average molecular weight is 495 g/mol. The topological polar surface area (TPSA) is 62.2 Å². The molecule has 2 aromatic carbocycles. The SMILES string of the molecule is COc1cccc(C2CN(Cc3ccc(O)c(OC)c3)CC2CN(C(=O)C(C)C)C2CCCCC2)c1. The Balaban J connectivity index is 1.59. The van der Waals surface area contributed by atoms with Crippen LogP contribution in [0.1, 0.15) is 63.0 Å². The molecule has 1 saturated carbocycles. The van der Waals surface area contributed by atoms with Gasteiger partial charge >= 0.3 is 0 Å². The summed E-state index contributed by atoms with van der Waals surface area (Å²) in [4.78, 5) is 18.1. The second kappa shape index (κ2) is 12.0. The summed E-state index contributed by atoms with van der Waals surface area (Å²) in [7, 11) is 3.29. The van der Waals surface area contributed by atoms with Gasteiger partial charge in [0, 0.05) is 44.1 Å². The smallest absolute Gasteiger partial charge is 0.225 e. The molecule has 1 saturated heterocycles. The summed E-state index contributed by atoms with van der Waals surface area (Å²) in [5, 5.41) is 10.0. The fourth-order valence-electron chi connectivity index (χ4n) is 6.00. The van der Waals surface area contributed by atoms with Gasteiger partial charge in [-0.2, -0.15) is 0 Å². The number of phenolic OH excluding ortho intramolecular Hbond substituents is 1. The third-order valence-electron chi connectivity index (χ3n) is 7.91. The molecule has 6 heteroatoms. The molecule has 2 aromatic rings. The number of carbonyl (C=O) groups excluding carboxylic acids is 1. The van der Waals surface area contributed by atoms with E-state index in [0.717, 1.165) is 50.3 Å². The molecule has 0 bridgehead atoms. The Morgan fingerprint density at radius 3 is 2.53 bits per heavy atom. The van der Waals surface area contributed by atoms with E-state index in [-0.39, 0.29) is 17.6 Å². The van der Waals surface area contributed by atoms with Gasteiger partial charge in [-0.25, -0.2) is 0 Å². The standard InChI is InChI=1S/C30H42N2O4/c1-21(2)30(34)32(25-10-6-5-7-11-25)19-24-18-31(17-22-13-14-28(33)29(15-22)36-4)20-27(24)23-9-8-12-26(16-23)35-3/h8-9,12-16,21,24-25,27,33H,5-7,10-11,17-20H2,1-4H3. The molecule has 1 heterocycles. The summed E-state index contributed by atoms with van der Waals surface area (Å²) in [6, 6.07) is 14.3. The number of phenols is 1. The maximum Gasteiger partial charge on any atom is 0.225 e. The molecule has 36 heavy (non-hydrogen) atoms. The molecule has 2 unspecified atom stereocenters. The first-order valence-corrected chi connectivity index (χ1v) is 13.4. The largest absolute Gasteiger partial charge is 0.504 e. The lowest BCUT2D eigenvalue weighted by Gasteiger charge is -2.38. The van der Waals surface area contributed by atoms with Gasteiger partial charge in [0.2, 0.25) is 5.91 Å². The van der Waals surface area contributed by atoms with Gasteiger partial charge in [0.15, 0.2) is 11.5 Å². The molecule has 0 radical (unpaired) electrons. The summed E-state index contributed by atoms with van der Waals surface area (Å²) in [5.74, 6) is 2.46. The lowest BCUT2D eigenvalue weighted by atomic mass is 9.86. The summed E-state index contributed by atoms with van der Waals surface area (Å²) in [6.45, 7) is 7.44. The average Bonchev–Trinajstić information content (AvgIpc) is 3.30. The first kappa shape index (κ1) is 26.3. The number of amides is 1. The summed E-state index contributed by atoms with van der Waals surface area (Å²) >= 11 is 0. The first-order chi connectivity index (χ1) is 17.4. The first-order valence-electron chi connectivity index (χ1n) is 13.4. The lowest BCUT2D eigenvalue weighted by molar-refractivity contribution is -0.138. The van der Waals surface area contributed by atoms with E-state index in [2.05, 4.69) is 28.0 Å². The molecule has 196 valence electrons. The molecule has 1 amide bonds. The number of ether oxygens (including phenoxy) is 2. The van der Waals surface area contributed by atoms with Gasteiger partial charge in [-0.1, -0.05) is 51.3 Å². The molecule has 2 aliphatic rings. The van der Waals surface area contributed by atoms with Crippen LogP contribution in [0.3, 0.4) is 0 Å². The van der Waals surface area contributed by atoms with E-state index < -0.39 is 0 Å². The van der Waals surface area contributed by atoms with Crippen LogP contribution in [0, 0.1) is 11.8 Å². The Morgan fingerprint density at radius 2 is 1.83 bits per heavy atom. The van der Waals surface area contributed by atoms with Gasteiger partial charge in [0.05, 0.1) is 14.2 Å². The van der Waals surface area contributed by atoms with Gasteiger partial charge in [-0.3, -0.25) is 9.69 Å². The highest BCUT2D eigenvalue weighted by Crippen LogP contribution is 2.37. The third kappa shape index (κ3) is 6.15. The van der Waals surface area contributed by atoms with E-state index in [4.69, 9.17) is 9.47 Å². The van der Waals surface area contributed by atoms with Gasteiger partial charge in [-0.05, 0) is 54.2 Å². The van der Waals surface area contributed by atoms with E-state index in [9.17, 15) is 9.90 Å². The van der Waals surface area contributed by atoms with Gasteiger partial charge < -0.3 is 19.5 Å². The van der Waals surface area contributed by atoms with Crippen molar-refractivity contribution in [3.63, 3.8) is 0 Å². The number of carbonyl (C=O) groups is 1. The van der Waals surface area contributed by atoms with E-state index in [1.54, 1.807) is 20.3 Å². The van der Waals surface area contributed by atoms with Gasteiger partial charge in [-0.15, -0.1) is 0 Å². The zero-order valence-corrected chi connectivity index (χ0v) is 22.3. The molecule has 4 rings (SSSR count). The molecule has 1 N–H and O–H groups in total. The summed E-state index contributed by atoms with van der Waals surface area (Å²) in [5.41, 5.74) is 2.38. The molecular weight excluding hydrogens is 452 g/mol. The van der Waals surface area contributed by atoms with Crippen LogP contribution in [0.5, 0.6) is 17.2 Å². The number of methoxy groups -OCH3 is 2. The molecule has 0 aromatic heterocycles. The Bertz CT molecular complexity index is 1020. The number of aromatic hydroxyl groups is 1. The van der Waals surface area contributed by atoms with Gasteiger partial charge in [0.1, 0.15) is 5.75 Å². The monoisotopic (exact) mass is 494 g/mol. The predicted octanol–water partition coefficient (Wildman–Crippen LogP) is 5.44. The molecular formula is C30H42N2O4. The number of nitrogens with zero attached hydrogens (tertiary/aromatic N) is 2. The Labute approximate surface area is 216 Å². The van der Waals surface area contributed by atoms with Crippen molar-refractivity contribution < 1.29 is 19.4 Å². The second-order valence-electron chi connectivity index (χ2n) is 10.8. The van der Waals surface area contributed by atoms with Crippen LogP contribution >= 0.6 is 0 Å². The maximum atomic E-state index is 13.4. The normalized spacial score (nSPS) is 21.0. The molecule has 2 fully saturated rings. The van der Waals surface area contributed by atoms with Crippen molar-refractivity contribution in [3.8, 4) is 17.2 Å². The minimum atomic E-state index is 0.00385. The van der Waals surface area contributed by atoms with Crippen molar-refractivity contribution in [1.82, 2.24) is 9.80 Å². The minimum Gasteiger partial charge on any atom is -0.504 e. The predicted molar refractivity (Wildman–Crippen MR) is 143 cm³/mol. The highest BCUT2D eigenvalue weighted by atomic mass is 16.5. The molecule has 1 aliphatic heterocycles. The van der Waals surface area contributed by atoms with Crippen LogP contribution in [-0.2, 0) is 11.3 Å². The van der Waals surface area contributed by atoms with E-state index in [1.807, 2.05) is 32.0 Å². The number of benzene rings is 2. The van der Waals surface area contributed by atoms with Crippen molar-refractivity contribution >= 4 is 5.91 Å². The van der Waals surface area contributed by atoms with Crippen molar-refractivity contribution in [2.45, 2.75) is 64.5 Å². The zero-order chi connectivity index (χ0) is 25.7. The van der Waals surface area contributed by atoms with Crippen LogP contribution in [-0.4, -0.2) is 60.7 Å². The van der Waals surface area contributed by atoms with Crippen molar-refractivity contribution in [2.75, 3.05) is 33.9 Å². The summed E-state index contributed by atoms with van der Waals surface area (Å²) in [6.07, 6.45) is 5.94.